The third-order valence-electron chi connectivity index (χ3n) is 2.74. The van der Waals surface area contributed by atoms with Crippen molar-refractivity contribution in [2.75, 3.05) is 13.7 Å². The fourth-order valence-corrected chi connectivity index (χ4v) is 3.99. The summed E-state index contributed by atoms with van der Waals surface area (Å²) in [6.07, 6.45) is 0.867. The summed E-state index contributed by atoms with van der Waals surface area (Å²) in [4.78, 5) is 11.6. The van der Waals surface area contributed by atoms with Crippen LogP contribution >= 0.6 is 15.9 Å². The first-order valence-corrected chi connectivity index (χ1v) is 7.59. The lowest BCUT2D eigenvalue weighted by Gasteiger charge is -2.16. The Morgan fingerprint density at radius 1 is 1.39 bits per heavy atom. The Morgan fingerprint density at radius 2 is 2.11 bits per heavy atom. The zero-order valence-corrected chi connectivity index (χ0v) is 12.1. The summed E-state index contributed by atoms with van der Waals surface area (Å²) in [5.41, 5.74) is 0. The SMILES string of the molecule is COc1ccc(S(=O)(=O)N2CCCC2=O)cc1Br. The lowest BCUT2D eigenvalue weighted by molar-refractivity contribution is -0.123. The molecule has 1 saturated heterocycles. The lowest BCUT2D eigenvalue weighted by Crippen LogP contribution is -2.31. The van der Waals surface area contributed by atoms with Gasteiger partial charge in [-0.05, 0) is 40.5 Å². The van der Waals surface area contributed by atoms with E-state index in [0.29, 0.717) is 16.6 Å². The average molecular weight is 334 g/mol. The zero-order chi connectivity index (χ0) is 13.3. The topological polar surface area (TPSA) is 63.7 Å². The quantitative estimate of drug-likeness (QED) is 0.845. The van der Waals surface area contributed by atoms with Crippen molar-refractivity contribution in [2.24, 2.45) is 0 Å². The number of benzene rings is 1. The molecule has 0 bridgehead atoms. The van der Waals surface area contributed by atoms with Crippen molar-refractivity contribution in [2.45, 2.75) is 17.7 Å². The molecule has 0 aromatic heterocycles. The summed E-state index contributed by atoms with van der Waals surface area (Å²) in [6.45, 7) is 0.255. The van der Waals surface area contributed by atoms with Gasteiger partial charge in [0, 0.05) is 13.0 Å². The van der Waals surface area contributed by atoms with Gasteiger partial charge in [0.1, 0.15) is 5.75 Å². The summed E-state index contributed by atoms with van der Waals surface area (Å²) < 4.78 is 31.0. The Bertz CT molecular complexity index is 585. The summed E-state index contributed by atoms with van der Waals surface area (Å²) in [5, 5.41) is 0. The first-order valence-electron chi connectivity index (χ1n) is 5.36. The lowest BCUT2D eigenvalue weighted by atomic mass is 10.3. The largest absolute Gasteiger partial charge is 0.496 e. The van der Waals surface area contributed by atoms with Gasteiger partial charge in [0.25, 0.3) is 10.0 Å². The van der Waals surface area contributed by atoms with Gasteiger partial charge in [0.05, 0.1) is 16.5 Å². The number of carbonyl (C=O) groups is 1. The molecule has 0 atom stereocenters. The number of hydrogen-bond donors (Lipinski definition) is 0. The van der Waals surface area contributed by atoms with E-state index < -0.39 is 10.0 Å². The van der Waals surface area contributed by atoms with Crippen LogP contribution in [0.25, 0.3) is 0 Å². The van der Waals surface area contributed by atoms with E-state index >= 15 is 0 Å². The maximum atomic E-state index is 12.2. The van der Waals surface area contributed by atoms with Crippen LogP contribution in [0.5, 0.6) is 5.75 Å². The molecule has 0 spiro atoms. The van der Waals surface area contributed by atoms with Crippen LogP contribution in [0.1, 0.15) is 12.8 Å². The number of hydrogen-bond acceptors (Lipinski definition) is 4. The zero-order valence-electron chi connectivity index (χ0n) is 9.72. The van der Waals surface area contributed by atoms with Gasteiger partial charge in [-0.1, -0.05) is 0 Å². The molecule has 98 valence electrons. The van der Waals surface area contributed by atoms with Crippen molar-refractivity contribution in [1.82, 2.24) is 4.31 Å². The van der Waals surface area contributed by atoms with Crippen LogP contribution < -0.4 is 4.74 Å². The molecule has 1 aromatic carbocycles. The van der Waals surface area contributed by atoms with E-state index in [1.165, 1.54) is 19.2 Å². The Balaban J connectivity index is 2.41. The number of halogens is 1. The van der Waals surface area contributed by atoms with Crippen LogP contribution in [-0.2, 0) is 14.8 Å². The van der Waals surface area contributed by atoms with Crippen molar-refractivity contribution in [3.8, 4) is 5.75 Å². The first-order chi connectivity index (χ1) is 8.46. The second-order valence-electron chi connectivity index (χ2n) is 3.87. The Kier molecular flexibility index (Phi) is 3.63. The molecule has 0 radical (unpaired) electrons. The van der Waals surface area contributed by atoms with Crippen LogP contribution in [-0.4, -0.2) is 32.3 Å². The normalized spacial score (nSPS) is 16.1. The highest BCUT2D eigenvalue weighted by Gasteiger charge is 2.33. The molecule has 2 rings (SSSR count). The van der Waals surface area contributed by atoms with Gasteiger partial charge in [-0.15, -0.1) is 0 Å². The van der Waals surface area contributed by atoms with E-state index in [-0.39, 0.29) is 23.8 Å². The van der Waals surface area contributed by atoms with E-state index in [2.05, 4.69) is 15.9 Å². The molecule has 1 aromatic rings. The predicted molar refractivity (Wildman–Crippen MR) is 68.8 cm³/mol. The summed E-state index contributed by atoms with van der Waals surface area (Å²) in [5.74, 6) is 0.198. The van der Waals surface area contributed by atoms with E-state index in [9.17, 15) is 13.2 Å². The van der Waals surface area contributed by atoms with Crippen LogP contribution in [0.3, 0.4) is 0 Å². The standard InChI is InChI=1S/C11H12BrNO4S/c1-17-10-5-4-8(7-9(10)12)18(15,16)13-6-2-3-11(13)14/h4-5,7H,2-3,6H2,1H3. The van der Waals surface area contributed by atoms with Crippen LogP contribution in [0.4, 0.5) is 0 Å². The fourth-order valence-electron chi connectivity index (χ4n) is 1.81. The summed E-state index contributed by atoms with van der Waals surface area (Å²) >= 11 is 3.23. The molecule has 7 heteroatoms. The van der Waals surface area contributed by atoms with Gasteiger partial charge in [-0.25, -0.2) is 12.7 Å². The van der Waals surface area contributed by atoms with Crippen molar-refractivity contribution in [3.63, 3.8) is 0 Å². The molecule has 1 fully saturated rings. The first kappa shape index (κ1) is 13.4. The number of ether oxygens (including phenoxy) is 1. The highest BCUT2D eigenvalue weighted by atomic mass is 79.9. The van der Waals surface area contributed by atoms with E-state index in [0.717, 1.165) is 4.31 Å². The molecule has 0 unspecified atom stereocenters. The molecule has 1 amide bonds. The second-order valence-corrected chi connectivity index (χ2v) is 6.59. The van der Waals surface area contributed by atoms with Gasteiger partial charge in [0.15, 0.2) is 0 Å². The van der Waals surface area contributed by atoms with Gasteiger partial charge in [-0.2, -0.15) is 0 Å². The number of amides is 1. The molecule has 0 N–H and O–H groups in total. The Hall–Kier alpha value is -1.08. The van der Waals surface area contributed by atoms with Gasteiger partial charge >= 0.3 is 0 Å². The number of rotatable bonds is 3. The minimum atomic E-state index is -3.74. The molecule has 1 heterocycles. The van der Waals surface area contributed by atoms with Crippen molar-refractivity contribution >= 4 is 31.9 Å². The molecule has 0 saturated carbocycles. The highest BCUT2D eigenvalue weighted by molar-refractivity contribution is 9.10. The average Bonchev–Trinajstić information content (AvgIpc) is 2.76. The van der Waals surface area contributed by atoms with Gasteiger partial charge < -0.3 is 4.74 Å². The summed E-state index contributed by atoms with van der Waals surface area (Å²) in [7, 11) is -2.24. The van der Waals surface area contributed by atoms with Crippen LogP contribution in [0.2, 0.25) is 0 Å². The third kappa shape index (κ3) is 2.24. The molecule has 1 aliphatic heterocycles. The van der Waals surface area contributed by atoms with Gasteiger partial charge in [-0.3, -0.25) is 4.79 Å². The Morgan fingerprint density at radius 3 is 2.61 bits per heavy atom. The molecule has 0 aliphatic carbocycles. The molecule has 18 heavy (non-hydrogen) atoms. The Labute approximate surface area is 114 Å². The number of carbonyl (C=O) groups excluding carboxylic acids is 1. The number of nitrogens with zero attached hydrogens (tertiary/aromatic N) is 1. The smallest absolute Gasteiger partial charge is 0.266 e. The predicted octanol–water partition coefficient (Wildman–Crippen LogP) is 1.77. The van der Waals surface area contributed by atoms with Crippen molar-refractivity contribution < 1.29 is 17.9 Å². The third-order valence-corrected chi connectivity index (χ3v) is 5.18. The van der Waals surface area contributed by atoms with Crippen LogP contribution in [0.15, 0.2) is 27.6 Å². The van der Waals surface area contributed by atoms with E-state index in [1.54, 1.807) is 6.07 Å². The summed E-state index contributed by atoms with van der Waals surface area (Å²) in [6, 6.07) is 4.43. The van der Waals surface area contributed by atoms with Crippen molar-refractivity contribution in [1.29, 1.82) is 0 Å². The molecule has 1 aliphatic rings. The monoisotopic (exact) mass is 333 g/mol. The number of methoxy groups -OCH3 is 1. The van der Waals surface area contributed by atoms with Gasteiger partial charge in [0.2, 0.25) is 5.91 Å². The number of sulfonamides is 1. The molecular weight excluding hydrogens is 322 g/mol. The van der Waals surface area contributed by atoms with E-state index in [4.69, 9.17) is 4.74 Å². The molecule has 5 nitrogen and oxygen atoms in total. The maximum absolute atomic E-state index is 12.2. The fraction of sp³-hybridized carbons (Fsp3) is 0.364. The maximum Gasteiger partial charge on any atom is 0.266 e. The molecular formula is C11H12BrNO4S. The second kappa shape index (κ2) is 4.89. The minimum absolute atomic E-state index is 0.0884. The highest BCUT2D eigenvalue weighted by Crippen LogP contribution is 2.30. The van der Waals surface area contributed by atoms with Crippen molar-refractivity contribution in [3.05, 3.63) is 22.7 Å². The van der Waals surface area contributed by atoms with Crippen LogP contribution in [0, 0.1) is 0 Å². The van der Waals surface area contributed by atoms with E-state index in [1.807, 2.05) is 0 Å². The minimum Gasteiger partial charge on any atom is -0.496 e.